The standard InChI is InChI=1S/C14H19ClF2N2.ClH/c1-10-8-11(15)2-3-12(10)13(9-14(16)17)19-6-4-18-5-7-19;/h2-3,8,13-14,18H,4-7,9H2,1H3;1H/t13-;/m1./s1. The van der Waals surface area contributed by atoms with Crippen LogP contribution in [0.3, 0.4) is 0 Å². The highest BCUT2D eigenvalue weighted by atomic mass is 35.5. The van der Waals surface area contributed by atoms with Crippen LogP contribution in [0.25, 0.3) is 0 Å². The van der Waals surface area contributed by atoms with Crippen LogP contribution in [0.5, 0.6) is 0 Å². The molecule has 1 aliphatic heterocycles. The number of nitrogens with zero attached hydrogens (tertiary/aromatic N) is 1. The summed E-state index contributed by atoms with van der Waals surface area (Å²) in [5, 5.41) is 3.90. The van der Waals surface area contributed by atoms with Gasteiger partial charge in [0.25, 0.3) is 0 Å². The maximum Gasteiger partial charge on any atom is 0.240 e. The molecule has 1 atom stereocenters. The summed E-state index contributed by atoms with van der Waals surface area (Å²) in [6.45, 7) is 5.25. The van der Waals surface area contributed by atoms with Crippen molar-refractivity contribution in [2.45, 2.75) is 25.8 Å². The van der Waals surface area contributed by atoms with E-state index in [1.54, 1.807) is 6.07 Å². The summed E-state index contributed by atoms with van der Waals surface area (Å²) in [5.41, 5.74) is 1.95. The Bertz CT molecular complexity index is 424. The normalized spacial score (nSPS) is 17.9. The van der Waals surface area contributed by atoms with Gasteiger partial charge in [-0.1, -0.05) is 17.7 Å². The molecule has 2 nitrogen and oxygen atoms in total. The molecular formula is C14H20Cl2F2N2. The fraction of sp³-hybridized carbons (Fsp3) is 0.571. The van der Waals surface area contributed by atoms with Gasteiger partial charge >= 0.3 is 0 Å². The molecule has 0 spiro atoms. The molecule has 114 valence electrons. The lowest BCUT2D eigenvalue weighted by Crippen LogP contribution is -2.45. The summed E-state index contributed by atoms with van der Waals surface area (Å²) in [4.78, 5) is 2.14. The summed E-state index contributed by atoms with van der Waals surface area (Å²) < 4.78 is 25.7. The van der Waals surface area contributed by atoms with E-state index >= 15 is 0 Å². The van der Waals surface area contributed by atoms with Gasteiger partial charge in [0, 0.05) is 43.7 Å². The topological polar surface area (TPSA) is 15.3 Å². The molecule has 1 saturated heterocycles. The van der Waals surface area contributed by atoms with E-state index in [-0.39, 0.29) is 24.9 Å². The average Bonchev–Trinajstić information content (AvgIpc) is 2.37. The van der Waals surface area contributed by atoms with E-state index in [1.807, 2.05) is 19.1 Å². The SMILES string of the molecule is Cc1cc(Cl)ccc1[C@@H](CC(F)F)N1CCNCC1.Cl. The van der Waals surface area contributed by atoms with Gasteiger partial charge in [-0.3, -0.25) is 4.90 Å². The highest BCUT2D eigenvalue weighted by Gasteiger charge is 2.26. The molecule has 0 saturated carbocycles. The molecule has 1 heterocycles. The number of rotatable bonds is 4. The third-order valence-electron chi connectivity index (χ3n) is 3.58. The molecule has 1 N–H and O–H groups in total. The van der Waals surface area contributed by atoms with Crippen LogP contribution >= 0.6 is 24.0 Å². The molecule has 1 aromatic carbocycles. The van der Waals surface area contributed by atoms with Gasteiger partial charge in [0.15, 0.2) is 0 Å². The Labute approximate surface area is 129 Å². The first-order chi connectivity index (χ1) is 9.08. The van der Waals surface area contributed by atoms with E-state index < -0.39 is 6.43 Å². The Hall–Kier alpha value is -0.420. The van der Waals surface area contributed by atoms with Crippen molar-refractivity contribution in [1.82, 2.24) is 10.2 Å². The van der Waals surface area contributed by atoms with Crippen LogP contribution in [0.15, 0.2) is 18.2 Å². The highest BCUT2D eigenvalue weighted by molar-refractivity contribution is 6.30. The minimum Gasteiger partial charge on any atom is -0.314 e. The van der Waals surface area contributed by atoms with Gasteiger partial charge in [-0.15, -0.1) is 12.4 Å². The number of hydrogen-bond acceptors (Lipinski definition) is 2. The number of halogens is 4. The molecule has 0 unspecified atom stereocenters. The van der Waals surface area contributed by atoms with Crippen molar-refractivity contribution >= 4 is 24.0 Å². The zero-order valence-electron chi connectivity index (χ0n) is 11.4. The maximum atomic E-state index is 12.9. The van der Waals surface area contributed by atoms with Gasteiger partial charge in [-0.25, -0.2) is 8.78 Å². The second kappa shape index (κ2) is 8.13. The first-order valence-corrected chi connectivity index (χ1v) is 6.94. The molecule has 20 heavy (non-hydrogen) atoms. The van der Waals surface area contributed by atoms with Crippen molar-refractivity contribution in [3.8, 4) is 0 Å². The monoisotopic (exact) mass is 324 g/mol. The summed E-state index contributed by atoms with van der Waals surface area (Å²) >= 11 is 5.94. The van der Waals surface area contributed by atoms with Crippen molar-refractivity contribution < 1.29 is 8.78 Å². The number of aryl methyl sites for hydroxylation is 1. The van der Waals surface area contributed by atoms with Gasteiger partial charge in [0.1, 0.15) is 0 Å². The molecule has 0 bridgehead atoms. The van der Waals surface area contributed by atoms with Gasteiger partial charge in [0.2, 0.25) is 6.43 Å². The van der Waals surface area contributed by atoms with E-state index in [2.05, 4.69) is 10.2 Å². The van der Waals surface area contributed by atoms with Crippen LogP contribution in [-0.4, -0.2) is 37.5 Å². The Morgan fingerprint density at radius 1 is 1.30 bits per heavy atom. The predicted octanol–water partition coefficient (Wildman–Crippen LogP) is 3.67. The fourth-order valence-electron chi connectivity index (χ4n) is 2.65. The molecule has 6 heteroatoms. The average molecular weight is 325 g/mol. The second-order valence-corrected chi connectivity index (χ2v) is 5.37. The van der Waals surface area contributed by atoms with Gasteiger partial charge in [0.05, 0.1) is 0 Å². The van der Waals surface area contributed by atoms with Crippen molar-refractivity contribution in [2.24, 2.45) is 0 Å². The Morgan fingerprint density at radius 2 is 1.95 bits per heavy atom. The number of hydrogen-bond donors (Lipinski definition) is 1. The zero-order valence-corrected chi connectivity index (χ0v) is 13.0. The van der Waals surface area contributed by atoms with Gasteiger partial charge < -0.3 is 5.32 Å². The largest absolute Gasteiger partial charge is 0.314 e. The zero-order chi connectivity index (χ0) is 13.8. The minimum atomic E-state index is -2.30. The van der Waals surface area contributed by atoms with Crippen molar-refractivity contribution in [3.63, 3.8) is 0 Å². The molecular weight excluding hydrogens is 305 g/mol. The van der Waals surface area contributed by atoms with Crippen LogP contribution in [-0.2, 0) is 0 Å². The van der Waals surface area contributed by atoms with Crippen LogP contribution in [0.2, 0.25) is 5.02 Å². The fourth-order valence-corrected chi connectivity index (χ4v) is 2.87. The Kier molecular flexibility index (Phi) is 7.17. The van der Waals surface area contributed by atoms with Crippen LogP contribution in [0.1, 0.15) is 23.6 Å². The first kappa shape index (κ1) is 17.6. The van der Waals surface area contributed by atoms with Crippen LogP contribution in [0.4, 0.5) is 8.78 Å². The maximum absolute atomic E-state index is 12.9. The molecule has 1 aliphatic rings. The smallest absolute Gasteiger partial charge is 0.240 e. The van der Waals surface area contributed by atoms with Gasteiger partial charge in [-0.05, 0) is 30.2 Å². The van der Waals surface area contributed by atoms with Crippen molar-refractivity contribution in [2.75, 3.05) is 26.2 Å². The third kappa shape index (κ3) is 4.55. The van der Waals surface area contributed by atoms with Crippen molar-refractivity contribution in [1.29, 1.82) is 0 Å². The molecule has 1 aromatic rings. The number of benzene rings is 1. The summed E-state index contributed by atoms with van der Waals surface area (Å²) in [7, 11) is 0. The van der Waals surface area contributed by atoms with Crippen LogP contribution < -0.4 is 5.32 Å². The Morgan fingerprint density at radius 3 is 2.50 bits per heavy atom. The summed E-state index contributed by atoms with van der Waals surface area (Å²) in [6, 6.07) is 5.29. The summed E-state index contributed by atoms with van der Waals surface area (Å²) in [5.74, 6) is 0. The number of piperazine rings is 1. The van der Waals surface area contributed by atoms with Gasteiger partial charge in [-0.2, -0.15) is 0 Å². The molecule has 2 rings (SSSR count). The molecule has 0 amide bonds. The minimum absolute atomic E-state index is 0. The number of alkyl halides is 2. The van der Waals surface area contributed by atoms with E-state index in [0.717, 1.165) is 37.3 Å². The van der Waals surface area contributed by atoms with Crippen LogP contribution in [0, 0.1) is 6.92 Å². The molecule has 1 fully saturated rings. The lowest BCUT2D eigenvalue weighted by molar-refractivity contribution is 0.0737. The molecule has 0 radical (unpaired) electrons. The first-order valence-electron chi connectivity index (χ1n) is 6.57. The highest BCUT2D eigenvalue weighted by Crippen LogP contribution is 2.31. The van der Waals surface area contributed by atoms with E-state index in [9.17, 15) is 8.78 Å². The number of nitrogens with one attached hydrogen (secondary N) is 1. The van der Waals surface area contributed by atoms with Crippen molar-refractivity contribution in [3.05, 3.63) is 34.3 Å². The third-order valence-corrected chi connectivity index (χ3v) is 3.82. The molecule has 0 aromatic heterocycles. The van der Waals surface area contributed by atoms with E-state index in [1.165, 1.54) is 0 Å². The lowest BCUT2D eigenvalue weighted by atomic mass is 9.97. The second-order valence-electron chi connectivity index (χ2n) is 4.93. The predicted molar refractivity (Wildman–Crippen MR) is 81.2 cm³/mol. The quantitative estimate of drug-likeness (QED) is 0.909. The molecule has 0 aliphatic carbocycles. The van der Waals surface area contributed by atoms with E-state index in [0.29, 0.717) is 5.02 Å². The Balaban J connectivity index is 0.00000200. The summed E-state index contributed by atoms with van der Waals surface area (Å²) in [6.07, 6.45) is -2.42. The lowest BCUT2D eigenvalue weighted by Gasteiger charge is -2.35. The van der Waals surface area contributed by atoms with E-state index in [4.69, 9.17) is 11.6 Å².